The average molecular weight is 256 g/mol. The van der Waals surface area contributed by atoms with Crippen LogP contribution in [0.25, 0.3) is 0 Å². The first-order valence-electron chi connectivity index (χ1n) is 4.69. The molecular formula is C11H14BrNO. The van der Waals surface area contributed by atoms with Crippen molar-refractivity contribution in [2.45, 2.75) is 13.3 Å². The Morgan fingerprint density at radius 2 is 2.14 bits per heavy atom. The predicted octanol–water partition coefficient (Wildman–Crippen LogP) is 2.62. The normalized spacial score (nSPS) is 12.5. The SMILES string of the molecule is CCC(CN)C(=O)c1ccccc1Br. The minimum atomic E-state index is -0.0614. The van der Waals surface area contributed by atoms with Gasteiger partial charge in [0.05, 0.1) is 0 Å². The number of carbonyl (C=O) groups is 1. The Kier molecular flexibility index (Phi) is 4.29. The fraction of sp³-hybridized carbons (Fsp3) is 0.364. The molecule has 1 rings (SSSR count). The number of nitrogens with two attached hydrogens (primary N) is 1. The summed E-state index contributed by atoms with van der Waals surface area (Å²) in [6.07, 6.45) is 0.788. The topological polar surface area (TPSA) is 43.1 Å². The van der Waals surface area contributed by atoms with Crippen molar-refractivity contribution >= 4 is 21.7 Å². The van der Waals surface area contributed by atoms with Crippen LogP contribution in [0.1, 0.15) is 23.7 Å². The molecule has 0 aliphatic heterocycles. The quantitative estimate of drug-likeness (QED) is 0.841. The molecule has 14 heavy (non-hydrogen) atoms. The summed E-state index contributed by atoms with van der Waals surface area (Å²) < 4.78 is 0.844. The van der Waals surface area contributed by atoms with Gasteiger partial charge in [-0.3, -0.25) is 4.79 Å². The van der Waals surface area contributed by atoms with Crippen LogP contribution in [-0.4, -0.2) is 12.3 Å². The van der Waals surface area contributed by atoms with Crippen molar-refractivity contribution in [3.63, 3.8) is 0 Å². The minimum Gasteiger partial charge on any atom is -0.330 e. The Morgan fingerprint density at radius 1 is 1.50 bits per heavy atom. The molecule has 0 spiro atoms. The molecule has 1 aromatic carbocycles. The van der Waals surface area contributed by atoms with E-state index in [0.29, 0.717) is 6.54 Å². The van der Waals surface area contributed by atoms with Crippen LogP contribution in [0, 0.1) is 5.92 Å². The monoisotopic (exact) mass is 255 g/mol. The van der Waals surface area contributed by atoms with Crippen molar-refractivity contribution in [2.24, 2.45) is 11.7 Å². The summed E-state index contributed by atoms with van der Waals surface area (Å²) in [7, 11) is 0. The molecule has 0 amide bonds. The summed E-state index contributed by atoms with van der Waals surface area (Å²) >= 11 is 3.36. The molecule has 1 atom stereocenters. The highest BCUT2D eigenvalue weighted by molar-refractivity contribution is 9.10. The number of hydrogen-bond acceptors (Lipinski definition) is 2. The molecule has 0 saturated carbocycles. The lowest BCUT2D eigenvalue weighted by Gasteiger charge is -2.11. The van der Waals surface area contributed by atoms with Gasteiger partial charge in [0.15, 0.2) is 5.78 Å². The van der Waals surface area contributed by atoms with Crippen LogP contribution in [0.3, 0.4) is 0 Å². The lowest BCUT2D eigenvalue weighted by Crippen LogP contribution is -2.23. The molecule has 76 valence electrons. The summed E-state index contributed by atoms with van der Waals surface area (Å²) in [4.78, 5) is 11.9. The smallest absolute Gasteiger partial charge is 0.168 e. The van der Waals surface area contributed by atoms with Crippen molar-refractivity contribution in [1.82, 2.24) is 0 Å². The van der Waals surface area contributed by atoms with E-state index in [9.17, 15) is 4.79 Å². The van der Waals surface area contributed by atoms with E-state index in [-0.39, 0.29) is 11.7 Å². The van der Waals surface area contributed by atoms with Gasteiger partial charge < -0.3 is 5.73 Å². The predicted molar refractivity (Wildman–Crippen MR) is 61.3 cm³/mol. The third-order valence-corrected chi connectivity index (χ3v) is 2.98. The summed E-state index contributed by atoms with van der Waals surface area (Å²) in [5, 5.41) is 0. The maximum absolute atomic E-state index is 11.9. The summed E-state index contributed by atoms with van der Waals surface area (Å²) in [5.41, 5.74) is 6.26. The number of halogens is 1. The second-order valence-electron chi connectivity index (χ2n) is 3.18. The van der Waals surface area contributed by atoms with Gasteiger partial charge in [0, 0.05) is 22.5 Å². The molecule has 0 aliphatic rings. The van der Waals surface area contributed by atoms with Crippen molar-refractivity contribution in [1.29, 1.82) is 0 Å². The zero-order valence-electron chi connectivity index (χ0n) is 8.16. The van der Waals surface area contributed by atoms with E-state index in [2.05, 4.69) is 15.9 Å². The largest absolute Gasteiger partial charge is 0.330 e. The van der Waals surface area contributed by atoms with Crippen LogP contribution >= 0.6 is 15.9 Å². The molecule has 0 heterocycles. The Labute approximate surface area is 92.6 Å². The van der Waals surface area contributed by atoms with E-state index >= 15 is 0 Å². The standard InChI is InChI=1S/C11H14BrNO/c1-2-8(7-13)11(14)9-5-3-4-6-10(9)12/h3-6,8H,2,7,13H2,1H3. The highest BCUT2D eigenvalue weighted by Crippen LogP contribution is 2.20. The number of carbonyl (C=O) groups excluding carboxylic acids is 1. The van der Waals surface area contributed by atoms with Gasteiger partial charge in [-0.1, -0.05) is 41.1 Å². The van der Waals surface area contributed by atoms with Crippen LogP contribution in [0.2, 0.25) is 0 Å². The molecule has 1 unspecified atom stereocenters. The number of rotatable bonds is 4. The van der Waals surface area contributed by atoms with Gasteiger partial charge in [0.2, 0.25) is 0 Å². The third-order valence-electron chi connectivity index (χ3n) is 2.29. The number of hydrogen-bond donors (Lipinski definition) is 1. The first kappa shape index (κ1) is 11.4. The zero-order valence-corrected chi connectivity index (χ0v) is 9.75. The number of benzene rings is 1. The Morgan fingerprint density at radius 3 is 2.64 bits per heavy atom. The molecular weight excluding hydrogens is 242 g/mol. The fourth-order valence-electron chi connectivity index (χ4n) is 1.34. The van der Waals surface area contributed by atoms with Crippen LogP contribution < -0.4 is 5.73 Å². The average Bonchev–Trinajstić information content (AvgIpc) is 2.20. The van der Waals surface area contributed by atoms with Gasteiger partial charge >= 0.3 is 0 Å². The van der Waals surface area contributed by atoms with Gasteiger partial charge in [-0.25, -0.2) is 0 Å². The molecule has 0 bridgehead atoms. The highest BCUT2D eigenvalue weighted by atomic mass is 79.9. The molecule has 0 aromatic heterocycles. The van der Waals surface area contributed by atoms with Crippen LogP contribution in [0.15, 0.2) is 28.7 Å². The molecule has 0 radical (unpaired) electrons. The molecule has 2 nitrogen and oxygen atoms in total. The number of Topliss-reactive ketones (excluding diaryl/α,β-unsaturated/α-hetero) is 1. The molecule has 0 saturated heterocycles. The molecule has 2 N–H and O–H groups in total. The van der Waals surface area contributed by atoms with E-state index in [1.165, 1.54) is 0 Å². The Balaban J connectivity index is 2.94. The molecule has 0 aliphatic carbocycles. The minimum absolute atomic E-state index is 0.0614. The van der Waals surface area contributed by atoms with Crippen molar-refractivity contribution in [3.8, 4) is 0 Å². The summed E-state index contributed by atoms with van der Waals surface area (Å²) in [6.45, 7) is 2.39. The lowest BCUT2D eigenvalue weighted by molar-refractivity contribution is 0.0920. The Bertz CT molecular complexity index is 321. The molecule has 1 aromatic rings. The maximum atomic E-state index is 11.9. The molecule has 0 fully saturated rings. The van der Waals surface area contributed by atoms with E-state index < -0.39 is 0 Å². The second-order valence-corrected chi connectivity index (χ2v) is 4.04. The maximum Gasteiger partial charge on any atom is 0.168 e. The van der Waals surface area contributed by atoms with Crippen LogP contribution in [0.4, 0.5) is 0 Å². The van der Waals surface area contributed by atoms with Gasteiger partial charge in [0.1, 0.15) is 0 Å². The van der Waals surface area contributed by atoms with Crippen molar-refractivity contribution in [3.05, 3.63) is 34.3 Å². The van der Waals surface area contributed by atoms with Gasteiger partial charge in [-0.05, 0) is 12.5 Å². The van der Waals surface area contributed by atoms with Crippen LogP contribution in [0.5, 0.6) is 0 Å². The first-order chi connectivity index (χ1) is 6.70. The summed E-state index contributed by atoms with van der Waals surface area (Å²) in [6, 6.07) is 7.45. The third kappa shape index (κ3) is 2.42. The van der Waals surface area contributed by atoms with E-state index in [1.54, 1.807) is 0 Å². The number of ketones is 1. The van der Waals surface area contributed by atoms with E-state index in [1.807, 2.05) is 31.2 Å². The zero-order chi connectivity index (χ0) is 10.6. The first-order valence-corrected chi connectivity index (χ1v) is 5.48. The highest BCUT2D eigenvalue weighted by Gasteiger charge is 2.18. The second kappa shape index (κ2) is 5.27. The van der Waals surface area contributed by atoms with Gasteiger partial charge in [-0.15, -0.1) is 0 Å². The Hall–Kier alpha value is -0.670. The van der Waals surface area contributed by atoms with Crippen molar-refractivity contribution in [2.75, 3.05) is 6.54 Å². The van der Waals surface area contributed by atoms with E-state index in [4.69, 9.17) is 5.73 Å². The fourth-order valence-corrected chi connectivity index (χ4v) is 1.82. The lowest BCUT2D eigenvalue weighted by atomic mass is 9.95. The molecule has 3 heteroatoms. The summed E-state index contributed by atoms with van der Waals surface area (Å²) in [5.74, 6) is 0.0659. The van der Waals surface area contributed by atoms with Crippen LogP contribution in [-0.2, 0) is 0 Å². The van der Waals surface area contributed by atoms with Crippen molar-refractivity contribution < 1.29 is 4.79 Å². The van der Waals surface area contributed by atoms with E-state index in [0.717, 1.165) is 16.5 Å². The van der Waals surface area contributed by atoms with Gasteiger partial charge in [0.25, 0.3) is 0 Å². The van der Waals surface area contributed by atoms with Gasteiger partial charge in [-0.2, -0.15) is 0 Å².